The molecule has 2 heterocycles. The summed E-state index contributed by atoms with van der Waals surface area (Å²) in [6, 6.07) is 7.15. The Balaban J connectivity index is 1.47. The molecule has 1 saturated carbocycles. The van der Waals surface area contributed by atoms with E-state index in [1.54, 1.807) is 17.0 Å². The number of benzene rings is 1. The Morgan fingerprint density at radius 2 is 2.04 bits per heavy atom. The second kappa shape index (κ2) is 5.78. The smallest absolute Gasteiger partial charge is 0.256 e. The molecular weight excluding hydrogens is 304 g/mol. The van der Waals surface area contributed by atoms with Gasteiger partial charge in [0.05, 0.1) is 0 Å². The number of carbonyl (C=O) groups excluding carboxylic acids is 2. The van der Waals surface area contributed by atoms with Gasteiger partial charge in [0, 0.05) is 41.4 Å². The van der Waals surface area contributed by atoms with Crippen molar-refractivity contribution in [3.05, 3.63) is 41.1 Å². The van der Waals surface area contributed by atoms with Crippen LogP contribution in [0.5, 0.6) is 0 Å². The fourth-order valence-corrected chi connectivity index (χ4v) is 3.20. The quantitative estimate of drug-likeness (QED) is 0.907. The van der Waals surface area contributed by atoms with Crippen LogP contribution in [0.25, 0.3) is 0 Å². The minimum atomic E-state index is -0.189. The number of aromatic amines is 1. The van der Waals surface area contributed by atoms with E-state index in [2.05, 4.69) is 15.5 Å². The molecule has 2 amide bonds. The van der Waals surface area contributed by atoms with E-state index in [1.165, 1.54) is 12.8 Å². The predicted molar refractivity (Wildman–Crippen MR) is 91.3 cm³/mol. The molecule has 1 aliphatic heterocycles. The van der Waals surface area contributed by atoms with Crippen molar-refractivity contribution in [3.63, 3.8) is 0 Å². The first-order valence-corrected chi connectivity index (χ1v) is 8.40. The molecule has 1 saturated heterocycles. The van der Waals surface area contributed by atoms with Crippen molar-refractivity contribution >= 4 is 23.3 Å². The largest absolute Gasteiger partial charge is 0.312 e. The monoisotopic (exact) mass is 324 g/mol. The summed E-state index contributed by atoms with van der Waals surface area (Å²) in [6.45, 7) is 2.73. The predicted octanol–water partition coefficient (Wildman–Crippen LogP) is 2.97. The third-order valence-corrected chi connectivity index (χ3v) is 4.78. The molecule has 1 aliphatic carbocycles. The maximum atomic E-state index is 12.4. The van der Waals surface area contributed by atoms with E-state index < -0.39 is 0 Å². The third-order valence-electron chi connectivity index (χ3n) is 4.78. The molecule has 124 valence electrons. The van der Waals surface area contributed by atoms with Crippen molar-refractivity contribution in [1.82, 2.24) is 10.2 Å². The van der Waals surface area contributed by atoms with Gasteiger partial charge >= 0.3 is 0 Å². The second-order valence-corrected chi connectivity index (χ2v) is 6.54. The highest BCUT2D eigenvalue weighted by Gasteiger charge is 2.28. The van der Waals surface area contributed by atoms with E-state index in [0.717, 1.165) is 29.9 Å². The number of aromatic nitrogens is 2. The molecule has 6 nitrogen and oxygen atoms in total. The number of hydrogen-bond acceptors (Lipinski definition) is 3. The molecule has 0 unspecified atom stereocenters. The average Bonchev–Trinajstić information content (AvgIpc) is 3.24. The van der Waals surface area contributed by atoms with Crippen molar-refractivity contribution < 1.29 is 9.59 Å². The van der Waals surface area contributed by atoms with Gasteiger partial charge in [-0.25, -0.2) is 0 Å². The minimum Gasteiger partial charge on any atom is -0.312 e. The molecule has 24 heavy (non-hydrogen) atoms. The van der Waals surface area contributed by atoms with Gasteiger partial charge in [-0.1, -0.05) is 0 Å². The van der Waals surface area contributed by atoms with Crippen molar-refractivity contribution in [2.75, 3.05) is 16.8 Å². The summed E-state index contributed by atoms with van der Waals surface area (Å²) in [5.74, 6) is 1.12. The first kappa shape index (κ1) is 14.9. The summed E-state index contributed by atoms with van der Waals surface area (Å²) in [4.78, 5) is 25.9. The van der Waals surface area contributed by atoms with Crippen LogP contribution in [-0.2, 0) is 4.79 Å². The van der Waals surface area contributed by atoms with E-state index in [4.69, 9.17) is 0 Å². The molecule has 0 radical (unpaired) electrons. The fourth-order valence-electron chi connectivity index (χ4n) is 3.20. The lowest BCUT2D eigenvalue weighted by molar-refractivity contribution is -0.117. The number of H-pyrrole nitrogens is 1. The van der Waals surface area contributed by atoms with Crippen LogP contribution >= 0.6 is 0 Å². The number of rotatable bonds is 4. The number of carbonyl (C=O) groups is 2. The van der Waals surface area contributed by atoms with E-state index >= 15 is 0 Å². The lowest BCUT2D eigenvalue weighted by atomic mass is 10.1. The fraction of sp³-hybridized carbons (Fsp3) is 0.389. The highest BCUT2D eigenvalue weighted by molar-refractivity contribution is 6.04. The van der Waals surface area contributed by atoms with Gasteiger partial charge in [-0.2, -0.15) is 5.10 Å². The van der Waals surface area contributed by atoms with Gasteiger partial charge in [0.15, 0.2) is 5.82 Å². The Morgan fingerprint density at radius 1 is 1.29 bits per heavy atom. The summed E-state index contributed by atoms with van der Waals surface area (Å²) in [5.41, 5.74) is 3.56. The second-order valence-electron chi connectivity index (χ2n) is 6.54. The van der Waals surface area contributed by atoms with E-state index in [0.29, 0.717) is 23.7 Å². The zero-order valence-corrected chi connectivity index (χ0v) is 13.6. The van der Waals surface area contributed by atoms with Gasteiger partial charge in [0.1, 0.15) is 0 Å². The van der Waals surface area contributed by atoms with Gasteiger partial charge in [0.25, 0.3) is 5.91 Å². The van der Waals surface area contributed by atoms with Crippen molar-refractivity contribution in [3.8, 4) is 0 Å². The molecule has 2 fully saturated rings. The number of nitrogens with one attached hydrogen (secondary N) is 2. The summed E-state index contributed by atoms with van der Waals surface area (Å²) < 4.78 is 0. The van der Waals surface area contributed by atoms with Crippen molar-refractivity contribution in [2.45, 2.75) is 38.5 Å². The maximum absolute atomic E-state index is 12.4. The number of amides is 2. The molecule has 0 atom stereocenters. The molecule has 1 aromatic heterocycles. The lowest BCUT2D eigenvalue weighted by Gasteiger charge is -2.15. The van der Waals surface area contributed by atoms with Gasteiger partial charge < -0.3 is 10.2 Å². The van der Waals surface area contributed by atoms with Crippen LogP contribution in [0.15, 0.2) is 24.3 Å². The topological polar surface area (TPSA) is 78.1 Å². The highest BCUT2D eigenvalue weighted by atomic mass is 16.2. The Labute approximate surface area is 140 Å². The van der Waals surface area contributed by atoms with Crippen LogP contribution in [0, 0.1) is 6.92 Å². The molecule has 2 N–H and O–H groups in total. The summed E-state index contributed by atoms with van der Waals surface area (Å²) in [6.07, 6.45) is 3.87. The summed E-state index contributed by atoms with van der Waals surface area (Å²) in [5, 5.41) is 10.1. The summed E-state index contributed by atoms with van der Waals surface area (Å²) in [7, 11) is 0. The van der Waals surface area contributed by atoms with Crippen LogP contribution < -0.4 is 10.2 Å². The molecule has 4 rings (SSSR count). The van der Waals surface area contributed by atoms with E-state index in [1.807, 2.05) is 19.1 Å². The maximum Gasteiger partial charge on any atom is 0.256 e. The van der Waals surface area contributed by atoms with Crippen LogP contribution in [-0.4, -0.2) is 28.6 Å². The van der Waals surface area contributed by atoms with Gasteiger partial charge in [0.2, 0.25) is 5.91 Å². The first-order chi connectivity index (χ1) is 11.6. The molecule has 1 aromatic carbocycles. The molecule has 6 heteroatoms. The number of anilines is 2. The average molecular weight is 324 g/mol. The Kier molecular flexibility index (Phi) is 3.59. The van der Waals surface area contributed by atoms with Crippen molar-refractivity contribution in [2.24, 2.45) is 0 Å². The van der Waals surface area contributed by atoms with E-state index in [9.17, 15) is 9.59 Å². The molecule has 0 spiro atoms. The molecule has 0 bridgehead atoms. The van der Waals surface area contributed by atoms with Crippen molar-refractivity contribution in [1.29, 1.82) is 0 Å². The first-order valence-electron chi connectivity index (χ1n) is 8.40. The van der Waals surface area contributed by atoms with Crippen LogP contribution in [0.2, 0.25) is 0 Å². The van der Waals surface area contributed by atoms with Crippen LogP contribution in [0.4, 0.5) is 11.5 Å². The van der Waals surface area contributed by atoms with E-state index in [-0.39, 0.29) is 11.8 Å². The molecule has 2 aliphatic rings. The number of hydrogen-bond donors (Lipinski definition) is 2. The zero-order valence-electron chi connectivity index (χ0n) is 13.6. The SMILES string of the molecule is Cc1c(NC(=O)c2ccc(N3CCCC3=O)cc2)n[nH]c1C1CC1. The Morgan fingerprint density at radius 3 is 2.67 bits per heavy atom. The third kappa shape index (κ3) is 2.68. The number of nitrogens with zero attached hydrogens (tertiary/aromatic N) is 2. The molecule has 2 aromatic rings. The van der Waals surface area contributed by atoms with Crippen LogP contribution in [0.3, 0.4) is 0 Å². The Hall–Kier alpha value is -2.63. The van der Waals surface area contributed by atoms with Gasteiger partial charge in [-0.05, 0) is 50.5 Å². The lowest BCUT2D eigenvalue weighted by Crippen LogP contribution is -2.23. The zero-order chi connectivity index (χ0) is 16.7. The Bertz CT molecular complexity index is 790. The highest BCUT2D eigenvalue weighted by Crippen LogP contribution is 2.41. The summed E-state index contributed by atoms with van der Waals surface area (Å²) >= 11 is 0. The van der Waals surface area contributed by atoms with Gasteiger partial charge in [-0.3, -0.25) is 14.7 Å². The minimum absolute atomic E-state index is 0.145. The molecular formula is C18H20N4O2. The van der Waals surface area contributed by atoms with Gasteiger partial charge in [-0.15, -0.1) is 0 Å². The normalized spacial score (nSPS) is 17.4. The standard InChI is InChI=1S/C18H20N4O2/c1-11-16(12-4-5-12)20-21-17(11)19-18(24)13-6-8-14(9-7-13)22-10-2-3-15(22)23/h6-9,12H,2-5,10H2,1H3,(H2,19,20,21,24). The van der Waals surface area contributed by atoms with Crippen LogP contribution in [0.1, 0.15) is 53.2 Å².